The number of halogens is 1. The van der Waals surface area contributed by atoms with E-state index < -0.39 is 0 Å². The molecular formula is C16H22FN3O. The number of benzene rings is 1. The Labute approximate surface area is 124 Å². The van der Waals surface area contributed by atoms with E-state index in [1.54, 1.807) is 12.1 Å². The second kappa shape index (κ2) is 6.54. The Morgan fingerprint density at radius 3 is 2.76 bits per heavy atom. The normalized spacial score (nSPS) is 23.5. The van der Waals surface area contributed by atoms with Crippen LogP contribution in [0.25, 0.3) is 0 Å². The molecule has 1 aromatic rings. The summed E-state index contributed by atoms with van der Waals surface area (Å²) in [6.45, 7) is 5.62. The minimum absolute atomic E-state index is 0.102. The van der Waals surface area contributed by atoms with E-state index in [0.29, 0.717) is 12.5 Å². The van der Waals surface area contributed by atoms with Crippen molar-refractivity contribution in [2.75, 3.05) is 39.3 Å². The van der Waals surface area contributed by atoms with Crippen LogP contribution in [0.4, 0.5) is 4.39 Å². The average Bonchev–Trinajstić information content (AvgIpc) is 3.01. The molecule has 2 aliphatic heterocycles. The zero-order valence-corrected chi connectivity index (χ0v) is 12.2. The predicted molar refractivity (Wildman–Crippen MR) is 79.5 cm³/mol. The van der Waals surface area contributed by atoms with Crippen molar-refractivity contribution in [3.63, 3.8) is 0 Å². The van der Waals surface area contributed by atoms with Crippen LogP contribution in [0.5, 0.6) is 0 Å². The third kappa shape index (κ3) is 3.60. The Kier molecular flexibility index (Phi) is 4.51. The van der Waals surface area contributed by atoms with E-state index >= 15 is 0 Å². The van der Waals surface area contributed by atoms with Crippen LogP contribution in [0.3, 0.4) is 0 Å². The van der Waals surface area contributed by atoms with Gasteiger partial charge in [-0.1, -0.05) is 12.1 Å². The minimum Gasteiger partial charge on any atom is -0.340 e. The van der Waals surface area contributed by atoms with E-state index in [4.69, 9.17) is 0 Å². The molecule has 0 saturated carbocycles. The van der Waals surface area contributed by atoms with Gasteiger partial charge in [0.15, 0.2) is 0 Å². The summed E-state index contributed by atoms with van der Waals surface area (Å²) in [5.41, 5.74) is 0.752. The molecule has 0 aliphatic carbocycles. The van der Waals surface area contributed by atoms with Gasteiger partial charge in [-0.05, 0) is 30.7 Å². The Balaban J connectivity index is 1.50. The highest BCUT2D eigenvalue weighted by atomic mass is 19.1. The molecule has 0 spiro atoms. The summed E-state index contributed by atoms with van der Waals surface area (Å²) in [6.07, 6.45) is 1.50. The maximum Gasteiger partial charge on any atom is 0.227 e. The molecule has 0 aromatic heterocycles. The third-order valence-corrected chi connectivity index (χ3v) is 4.46. The van der Waals surface area contributed by atoms with Crippen LogP contribution in [0.15, 0.2) is 24.3 Å². The highest BCUT2D eigenvalue weighted by Crippen LogP contribution is 2.13. The fourth-order valence-corrected chi connectivity index (χ4v) is 3.22. The number of nitrogens with zero attached hydrogens (tertiary/aromatic N) is 2. The van der Waals surface area contributed by atoms with Gasteiger partial charge in [0.25, 0.3) is 0 Å². The van der Waals surface area contributed by atoms with Gasteiger partial charge in [-0.15, -0.1) is 0 Å². The predicted octanol–water partition coefficient (Wildman–Crippen LogP) is 0.874. The Hall–Kier alpha value is -1.46. The number of hydrogen-bond donors (Lipinski definition) is 1. The number of amides is 1. The van der Waals surface area contributed by atoms with Crippen LogP contribution >= 0.6 is 0 Å². The number of carbonyl (C=O) groups excluding carboxylic acids is 1. The highest BCUT2D eigenvalue weighted by molar-refractivity contribution is 5.78. The van der Waals surface area contributed by atoms with Crippen LogP contribution in [-0.4, -0.2) is 61.0 Å². The topological polar surface area (TPSA) is 35.6 Å². The third-order valence-electron chi connectivity index (χ3n) is 4.46. The second-order valence-electron chi connectivity index (χ2n) is 5.87. The van der Waals surface area contributed by atoms with E-state index in [2.05, 4.69) is 10.2 Å². The summed E-state index contributed by atoms with van der Waals surface area (Å²) in [6, 6.07) is 6.94. The molecule has 2 aliphatic rings. The van der Waals surface area contributed by atoms with Crippen LogP contribution in [0.2, 0.25) is 0 Å². The molecule has 1 aromatic carbocycles. The first kappa shape index (κ1) is 14.5. The summed E-state index contributed by atoms with van der Waals surface area (Å²) >= 11 is 0. The summed E-state index contributed by atoms with van der Waals surface area (Å²) in [5, 5.41) is 3.38. The van der Waals surface area contributed by atoms with Crippen molar-refractivity contribution in [3.05, 3.63) is 35.6 Å². The molecule has 5 heteroatoms. The molecule has 2 heterocycles. The van der Waals surface area contributed by atoms with Crippen LogP contribution in [-0.2, 0) is 11.2 Å². The van der Waals surface area contributed by atoms with Gasteiger partial charge in [0, 0.05) is 38.8 Å². The first-order chi connectivity index (χ1) is 10.2. The lowest BCUT2D eigenvalue weighted by atomic mass is 10.1. The molecule has 1 atom stereocenters. The van der Waals surface area contributed by atoms with Gasteiger partial charge in [0.1, 0.15) is 5.82 Å². The number of hydrogen-bond acceptors (Lipinski definition) is 3. The Bertz CT molecular complexity index is 494. The van der Waals surface area contributed by atoms with E-state index in [-0.39, 0.29) is 11.7 Å². The summed E-state index contributed by atoms with van der Waals surface area (Å²) in [4.78, 5) is 16.7. The average molecular weight is 291 g/mol. The maximum atomic E-state index is 13.1. The van der Waals surface area contributed by atoms with Gasteiger partial charge in [0.05, 0.1) is 6.42 Å². The molecule has 0 bridgehead atoms. The van der Waals surface area contributed by atoms with Gasteiger partial charge in [0.2, 0.25) is 5.91 Å². The smallest absolute Gasteiger partial charge is 0.227 e. The SMILES string of the molecule is O=C(Cc1cccc(F)c1)N1CCN(C2CCNC2)CC1. The van der Waals surface area contributed by atoms with Crippen molar-refractivity contribution in [2.24, 2.45) is 0 Å². The first-order valence-electron chi connectivity index (χ1n) is 7.69. The zero-order valence-electron chi connectivity index (χ0n) is 12.2. The lowest BCUT2D eigenvalue weighted by Gasteiger charge is -2.37. The van der Waals surface area contributed by atoms with E-state index in [1.807, 2.05) is 4.90 Å². The summed E-state index contributed by atoms with van der Waals surface area (Å²) in [7, 11) is 0. The fraction of sp³-hybridized carbons (Fsp3) is 0.562. The van der Waals surface area contributed by atoms with Crippen LogP contribution in [0.1, 0.15) is 12.0 Å². The Morgan fingerprint density at radius 2 is 2.10 bits per heavy atom. The monoisotopic (exact) mass is 291 g/mol. The molecule has 2 saturated heterocycles. The van der Waals surface area contributed by atoms with Crippen LogP contribution in [0, 0.1) is 5.82 Å². The number of nitrogens with one attached hydrogen (secondary N) is 1. The molecule has 1 N–H and O–H groups in total. The molecule has 1 unspecified atom stereocenters. The molecule has 0 radical (unpaired) electrons. The number of carbonyl (C=O) groups is 1. The van der Waals surface area contributed by atoms with Gasteiger partial charge in [-0.25, -0.2) is 4.39 Å². The Morgan fingerprint density at radius 1 is 1.29 bits per heavy atom. The summed E-state index contributed by atoms with van der Waals surface area (Å²) < 4.78 is 13.1. The minimum atomic E-state index is -0.279. The fourth-order valence-electron chi connectivity index (χ4n) is 3.22. The number of rotatable bonds is 3. The van der Waals surface area contributed by atoms with Gasteiger partial charge in [-0.3, -0.25) is 9.69 Å². The van der Waals surface area contributed by atoms with Gasteiger partial charge >= 0.3 is 0 Å². The lowest BCUT2D eigenvalue weighted by Crippen LogP contribution is -2.52. The van der Waals surface area contributed by atoms with E-state index in [1.165, 1.54) is 18.6 Å². The van der Waals surface area contributed by atoms with Crippen molar-refractivity contribution < 1.29 is 9.18 Å². The van der Waals surface area contributed by atoms with Crippen molar-refractivity contribution >= 4 is 5.91 Å². The highest BCUT2D eigenvalue weighted by Gasteiger charge is 2.27. The quantitative estimate of drug-likeness (QED) is 0.898. The second-order valence-corrected chi connectivity index (χ2v) is 5.87. The molecule has 2 fully saturated rings. The molecular weight excluding hydrogens is 269 g/mol. The van der Waals surface area contributed by atoms with E-state index in [0.717, 1.165) is 44.8 Å². The van der Waals surface area contributed by atoms with E-state index in [9.17, 15) is 9.18 Å². The van der Waals surface area contributed by atoms with Crippen molar-refractivity contribution in [3.8, 4) is 0 Å². The first-order valence-corrected chi connectivity index (χ1v) is 7.69. The number of piperazine rings is 1. The molecule has 4 nitrogen and oxygen atoms in total. The van der Waals surface area contributed by atoms with Gasteiger partial charge in [-0.2, -0.15) is 0 Å². The van der Waals surface area contributed by atoms with Crippen molar-refractivity contribution in [2.45, 2.75) is 18.9 Å². The zero-order chi connectivity index (χ0) is 14.7. The standard InChI is InChI=1S/C16H22FN3O/c17-14-3-1-2-13(10-14)11-16(21)20-8-6-19(7-9-20)15-4-5-18-12-15/h1-3,10,15,18H,4-9,11-12H2. The van der Waals surface area contributed by atoms with Crippen molar-refractivity contribution in [1.29, 1.82) is 0 Å². The molecule has 21 heavy (non-hydrogen) atoms. The van der Waals surface area contributed by atoms with Crippen molar-refractivity contribution in [1.82, 2.24) is 15.1 Å². The molecule has 1 amide bonds. The van der Waals surface area contributed by atoms with Crippen LogP contribution < -0.4 is 5.32 Å². The molecule has 114 valence electrons. The summed E-state index contributed by atoms with van der Waals surface area (Å²) in [5.74, 6) is -0.177. The van der Waals surface area contributed by atoms with Gasteiger partial charge < -0.3 is 10.2 Å². The molecule has 3 rings (SSSR count). The lowest BCUT2D eigenvalue weighted by molar-refractivity contribution is -0.132. The maximum absolute atomic E-state index is 13.1. The largest absolute Gasteiger partial charge is 0.340 e.